The van der Waals surface area contributed by atoms with Crippen molar-refractivity contribution in [2.75, 3.05) is 19.6 Å². The molecule has 3 amide bonds. The number of hydrogen-bond donors (Lipinski definition) is 3. The van der Waals surface area contributed by atoms with Gasteiger partial charge in [-0.15, -0.1) is 0 Å². The van der Waals surface area contributed by atoms with E-state index in [1.165, 1.54) is 0 Å². The quantitative estimate of drug-likeness (QED) is 0.563. The van der Waals surface area contributed by atoms with Gasteiger partial charge in [0.05, 0.1) is 6.42 Å². The molecule has 0 rings (SSSR count). The normalized spacial score (nSPS) is 12.0. The second kappa shape index (κ2) is 11.1. The van der Waals surface area contributed by atoms with Crippen molar-refractivity contribution in [1.82, 2.24) is 15.5 Å². The van der Waals surface area contributed by atoms with Crippen LogP contribution >= 0.6 is 0 Å². The number of carboxylic acids is 1. The Morgan fingerprint density at radius 1 is 1.14 bits per heavy atom. The molecule has 0 saturated heterocycles. The number of carboxylic acid groups (broad SMARTS) is 1. The molecule has 0 saturated carbocycles. The zero-order valence-corrected chi connectivity index (χ0v) is 13.1. The van der Waals surface area contributed by atoms with Crippen LogP contribution in [0.15, 0.2) is 0 Å². The maximum absolute atomic E-state index is 11.5. The van der Waals surface area contributed by atoms with Crippen molar-refractivity contribution in [3.8, 4) is 0 Å². The van der Waals surface area contributed by atoms with E-state index in [0.717, 1.165) is 32.5 Å². The Bertz CT molecular complexity index is 343. The highest BCUT2D eigenvalue weighted by molar-refractivity contribution is 5.95. The molecule has 7 nitrogen and oxygen atoms in total. The van der Waals surface area contributed by atoms with E-state index >= 15 is 0 Å². The van der Waals surface area contributed by atoms with Crippen molar-refractivity contribution in [1.29, 1.82) is 0 Å². The predicted molar refractivity (Wildman–Crippen MR) is 80.0 cm³/mol. The highest BCUT2D eigenvalue weighted by Crippen LogP contribution is 1.99. The summed E-state index contributed by atoms with van der Waals surface area (Å²) >= 11 is 0. The van der Waals surface area contributed by atoms with Crippen LogP contribution in [-0.4, -0.2) is 53.6 Å². The highest BCUT2D eigenvalue weighted by atomic mass is 16.4. The number of hydrogen-bond acceptors (Lipinski definition) is 4. The number of rotatable bonds is 10. The van der Waals surface area contributed by atoms with Gasteiger partial charge in [-0.2, -0.15) is 0 Å². The van der Waals surface area contributed by atoms with Crippen LogP contribution < -0.4 is 10.6 Å². The Morgan fingerprint density at radius 2 is 1.76 bits per heavy atom. The minimum absolute atomic E-state index is 0.0344. The number of aliphatic carboxylic acids is 1. The van der Waals surface area contributed by atoms with Crippen molar-refractivity contribution in [3.05, 3.63) is 0 Å². The Kier molecular flexibility index (Phi) is 10.2. The zero-order chi connectivity index (χ0) is 16.3. The zero-order valence-electron chi connectivity index (χ0n) is 13.1. The standard InChI is InChI=1S/C14H27N3O4/c1-4-17(5-2)10-6-7-11(3)15-14(21)16-12(18)8-9-13(19)20/h11H,4-10H2,1-3H3,(H,19,20)(H2,15,16,18,21). The van der Waals surface area contributed by atoms with Gasteiger partial charge in [0, 0.05) is 12.5 Å². The van der Waals surface area contributed by atoms with Crippen LogP contribution in [0, 0.1) is 0 Å². The molecular formula is C14H27N3O4. The summed E-state index contributed by atoms with van der Waals surface area (Å²) < 4.78 is 0. The second-order valence-corrected chi connectivity index (χ2v) is 4.99. The largest absolute Gasteiger partial charge is 0.481 e. The first-order chi connectivity index (χ1) is 9.88. The molecule has 0 aromatic rings. The first-order valence-electron chi connectivity index (χ1n) is 7.43. The van der Waals surface area contributed by atoms with Gasteiger partial charge in [-0.05, 0) is 39.4 Å². The molecule has 0 aliphatic heterocycles. The molecule has 0 radical (unpaired) electrons. The van der Waals surface area contributed by atoms with Crippen LogP contribution in [0.4, 0.5) is 4.79 Å². The summed E-state index contributed by atoms with van der Waals surface area (Å²) in [6, 6.07) is -0.603. The average molecular weight is 301 g/mol. The summed E-state index contributed by atoms with van der Waals surface area (Å²) in [5.41, 5.74) is 0. The highest BCUT2D eigenvalue weighted by Gasteiger charge is 2.12. The van der Waals surface area contributed by atoms with Gasteiger partial charge in [-0.1, -0.05) is 13.8 Å². The number of urea groups is 1. The summed E-state index contributed by atoms with van der Waals surface area (Å²) in [5.74, 6) is -1.64. The summed E-state index contributed by atoms with van der Waals surface area (Å²) in [7, 11) is 0. The third kappa shape index (κ3) is 10.8. The SMILES string of the molecule is CCN(CC)CCCC(C)NC(=O)NC(=O)CCC(=O)O. The fourth-order valence-corrected chi connectivity index (χ4v) is 1.90. The van der Waals surface area contributed by atoms with E-state index in [-0.39, 0.29) is 18.9 Å². The number of imide groups is 1. The van der Waals surface area contributed by atoms with Crippen molar-refractivity contribution in [3.63, 3.8) is 0 Å². The summed E-state index contributed by atoms with van der Waals surface area (Å²) in [4.78, 5) is 35.4. The molecule has 0 aliphatic carbocycles. The first-order valence-corrected chi connectivity index (χ1v) is 7.43. The third-order valence-corrected chi connectivity index (χ3v) is 3.20. The molecule has 7 heteroatoms. The maximum Gasteiger partial charge on any atom is 0.321 e. The van der Waals surface area contributed by atoms with Gasteiger partial charge in [0.15, 0.2) is 0 Å². The summed E-state index contributed by atoms with van der Waals surface area (Å²) in [5, 5.41) is 13.2. The minimum atomic E-state index is -1.06. The lowest BCUT2D eigenvalue weighted by atomic mass is 10.2. The van der Waals surface area contributed by atoms with E-state index in [1.54, 1.807) is 0 Å². The van der Waals surface area contributed by atoms with Gasteiger partial charge in [0.2, 0.25) is 5.91 Å². The number of nitrogens with zero attached hydrogens (tertiary/aromatic N) is 1. The van der Waals surface area contributed by atoms with E-state index in [2.05, 4.69) is 29.4 Å². The van der Waals surface area contributed by atoms with Crippen LogP contribution in [0.5, 0.6) is 0 Å². The van der Waals surface area contributed by atoms with E-state index in [9.17, 15) is 14.4 Å². The van der Waals surface area contributed by atoms with Gasteiger partial charge in [-0.25, -0.2) is 4.79 Å². The third-order valence-electron chi connectivity index (χ3n) is 3.20. The summed E-state index contributed by atoms with van der Waals surface area (Å²) in [6.07, 6.45) is 1.32. The van der Waals surface area contributed by atoms with Gasteiger partial charge in [0.1, 0.15) is 0 Å². The van der Waals surface area contributed by atoms with Crippen LogP contribution in [0.3, 0.4) is 0 Å². The molecule has 1 atom stereocenters. The Balaban J connectivity index is 3.83. The number of amides is 3. The van der Waals surface area contributed by atoms with E-state index in [4.69, 9.17) is 5.11 Å². The van der Waals surface area contributed by atoms with Crippen molar-refractivity contribution < 1.29 is 19.5 Å². The van der Waals surface area contributed by atoms with Crippen LogP contribution in [-0.2, 0) is 9.59 Å². The summed E-state index contributed by atoms with van der Waals surface area (Å²) in [6.45, 7) is 9.11. The van der Waals surface area contributed by atoms with Crippen LogP contribution in [0.1, 0.15) is 46.5 Å². The maximum atomic E-state index is 11.5. The fraction of sp³-hybridized carbons (Fsp3) is 0.786. The van der Waals surface area contributed by atoms with Crippen molar-refractivity contribution in [2.24, 2.45) is 0 Å². The molecule has 3 N–H and O–H groups in total. The lowest BCUT2D eigenvalue weighted by molar-refractivity contribution is -0.138. The van der Waals surface area contributed by atoms with Gasteiger partial charge in [-0.3, -0.25) is 14.9 Å². The molecule has 0 bridgehead atoms. The Morgan fingerprint density at radius 3 is 2.29 bits per heavy atom. The van der Waals surface area contributed by atoms with E-state index < -0.39 is 17.9 Å². The molecule has 122 valence electrons. The molecular weight excluding hydrogens is 274 g/mol. The molecule has 21 heavy (non-hydrogen) atoms. The molecule has 0 fully saturated rings. The topological polar surface area (TPSA) is 98.7 Å². The van der Waals surface area contributed by atoms with Crippen molar-refractivity contribution in [2.45, 2.75) is 52.5 Å². The van der Waals surface area contributed by atoms with Crippen molar-refractivity contribution >= 4 is 17.9 Å². The average Bonchev–Trinajstić information content (AvgIpc) is 2.41. The lowest BCUT2D eigenvalue weighted by Gasteiger charge is -2.19. The minimum Gasteiger partial charge on any atom is -0.481 e. The van der Waals surface area contributed by atoms with Gasteiger partial charge >= 0.3 is 12.0 Å². The lowest BCUT2D eigenvalue weighted by Crippen LogP contribution is -2.43. The molecule has 0 aliphatic rings. The number of nitrogens with one attached hydrogen (secondary N) is 2. The van der Waals surface area contributed by atoms with Gasteiger partial charge in [0.25, 0.3) is 0 Å². The van der Waals surface area contributed by atoms with E-state index in [1.807, 2.05) is 6.92 Å². The predicted octanol–water partition coefficient (Wildman–Crippen LogP) is 1.19. The van der Waals surface area contributed by atoms with Gasteiger partial charge < -0.3 is 15.3 Å². The van der Waals surface area contributed by atoms with Crippen LogP contribution in [0.2, 0.25) is 0 Å². The monoisotopic (exact) mass is 301 g/mol. The molecule has 0 aromatic heterocycles. The smallest absolute Gasteiger partial charge is 0.321 e. The second-order valence-electron chi connectivity index (χ2n) is 4.99. The molecule has 0 aromatic carbocycles. The fourth-order valence-electron chi connectivity index (χ4n) is 1.90. The molecule has 0 spiro atoms. The number of carbonyl (C=O) groups is 3. The Labute approximate surface area is 126 Å². The molecule has 0 heterocycles. The first kappa shape index (κ1) is 19.4. The van der Waals surface area contributed by atoms with Crippen LogP contribution in [0.25, 0.3) is 0 Å². The van der Waals surface area contributed by atoms with E-state index in [0.29, 0.717) is 0 Å². The number of carbonyl (C=O) groups excluding carboxylic acids is 2. The Hall–Kier alpha value is -1.63. The molecule has 1 unspecified atom stereocenters.